The van der Waals surface area contributed by atoms with Crippen molar-refractivity contribution in [1.82, 2.24) is 4.90 Å². The van der Waals surface area contributed by atoms with Crippen LogP contribution >= 0.6 is 31.9 Å². The average molecular weight is 374 g/mol. The number of nitrogens with zero attached hydrogens (tertiary/aromatic N) is 1. The highest BCUT2D eigenvalue weighted by molar-refractivity contribution is 9.11. The Morgan fingerprint density at radius 2 is 1.83 bits per heavy atom. The minimum absolute atomic E-state index is 0.584. The predicted molar refractivity (Wildman–Crippen MR) is 83.2 cm³/mol. The predicted octanol–water partition coefficient (Wildman–Crippen LogP) is 4.17. The summed E-state index contributed by atoms with van der Waals surface area (Å²) in [5, 5.41) is 3.68. The number of benzene rings is 1. The molecule has 98 valence electrons. The second-order valence-corrected chi connectivity index (χ2v) is 7.17. The zero-order valence-electron chi connectivity index (χ0n) is 10.5. The van der Waals surface area contributed by atoms with Crippen molar-refractivity contribution in [3.8, 4) is 0 Å². The van der Waals surface area contributed by atoms with Crippen molar-refractivity contribution in [2.75, 3.05) is 18.4 Å². The van der Waals surface area contributed by atoms with Crippen molar-refractivity contribution < 1.29 is 0 Å². The Morgan fingerprint density at radius 1 is 1.17 bits per heavy atom. The molecule has 1 atom stereocenters. The van der Waals surface area contributed by atoms with Gasteiger partial charge >= 0.3 is 0 Å². The number of likely N-dealkylation sites (tertiary alicyclic amines) is 1. The molecule has 1 heterocycles. The van der Waals surface area contributed by atoms with Crippen molar-refractivity contribution in [3.63, 3.8) is 0 Å². The molecule has 1 aromatic rings. The molecule has 1 N–H and O–H groups in total. The fourth-order valence-corrected chi connectivity index (χ4v) is 4.36. The molecule has 0 bridgehead atoms. The molecule has 0 radical (unpaired) electrons. The molecular formula is C14H18Br2N2. The van der Waals surface area contributed by atoms with Crippen molar-refractivity contribution >= 4 is 37.5 Å². The zero-order chi connectivity index (χ0) is 12.7. The monoisotopic (exact) mass is 372 g/mol. The minimum Gasteiger partial charge on any atom is -0.379 e. The van der Waals surface area contributed by atoms with Crippen LogP contribution < -0.4 is 5.32 Å². The first-order valence-electron chi connectivity index (χ1n) is 6.59. The largest absolute Gasteiger partial charge is 0.379 e. The van der Waals surface area contributed by atoms with Gasteiger partial charge in [0, 0.05) is 34.1 Å². The molecule has 0 spiro atoms. The number of halogens is 2. The van der Waals surface area contributed by atoms with E-state index in [9.17, 15) is 0 Å². The maximum Gasteiger partial charge on any atom is 0.0631 e. The van der Waals surface area contributed by atoms with E-state index >= 15 is 0 Å². The SMILES string of the molecule is Cc1cc(Br)c(NC2CCN(C3CC3)C2)c(Br)c1. The van der Waals surface area contributed by atoms with Gasteiger partial charge in [-0.1, -0.05) is 0 Å². The van der Waals surface area contributed by atoms with Gasteiger partial charge in [0.25, 0.3) is 0 Å². The summed E-state index contributed by atoms with van der Waals surface area (Å²) in [4.78, 5) is 2.63. The van der Waals surface area contributed by atoms with Crippen LogP contribution in [0.1, 0.15) is 24.8 Å². The fraction of sp³-hybridized carbons (Fsp3) is 0.571. The van der Waals surface area contributed by atoms with Gasteiger partial charge in [-0.25, -0.2) is 0 Å². The molecule has 18 heavy (non-hydrogen) atoms. The molecule has 0 aromatic heterocycles. The van der Waals surface area contributed by atoms with Crippen molar-refractivity contribution in [2.45, 2.75) is 38.3 Å². The standard InChI is InChI=1S/C14H18Br2N2/c1-9-6-12(15)14(13(16)7-9)17-10-4-5-18(8-10)11-2-3-11/h6-7,10-11,17H,2-5,8H2,1H3. The molecule has 1 saturated heterocycles. The Morgan fingerprint density at radius 3 is 2.44 bits per heavy atom. The Labute approximate surface area is 125 Å². The molecule has 1 aliphatic carbocycles. The normalized spacial score (nSPS) is 24.5. The molecular weight excluding hydrogens is 356 g/mol. The second kappa shape index (κ2) is 5.14. The summed E-state index contributed by atoms with van der Waals surface area (Å²) in [6.07, 6.45) is 4.07. The third-order valence-electron chi connectivity index (χ3n) is 3.82. The first-order valence-corrected chi connectivity index (χ1v) is 8.18. The van der Waals surface area contributed by atoms with E-state index in [-0.39, 0.29) is 0 Å². The van der Waals surface area contributed by atoms with Crippen LogP contribution in [0, 0.1) is 6.92 Å². The van der Waals surface area contributed by atoms with E-state index in [1.807, 2.05) is 0 Å². The van der Waals surface area contributed by atoms with Crippen LogP contribution in [0.3, 0.4) is 0 Å². The highest BCUT2D eigenvalue weighted by atomic mass is 79.9. The lowest BCUT2D eigenvalue weighted by atomic mass is 10.2. The molecule has 2 fully saturated rings. The molecule has 1 aromatic carbocycles. The highest BCUT2D eigenvalue weighted by Crippen LogP contribution is 2.35. The maximum atomic E-state index is 3.68. The minimum atomic E-state index is 0.584. The number of anilines is 1. The van der Waals surface area contributed by atoms with Crippen molar-refractivity contribution in [1.29, 1.82) is 0 Å². The van der Waals surface area contributed by atoms with Crippen LogP contribution in [0.5, 0.6) is 0 Å². The Hall–Kier alpha value is -0.0600. The van der Waals surface area contributed by atoms with E-state index < -0.39 is 0 Å². The fourth-order valence-electron chi connectivity index (χ4n) is 2.72. The molecule has 2 aliphatic rings. The summed E-state index contributed by atoms with van der Waals surface area (Å²) in [5.41, 5.74) is 2.47. The zero-order valence-corrected chi connectivity index (χ0v) is 13.7. The van der Waals surface area contributed by atoms with Gasteiger partial charge < -0.3 is 5.32 Å². The molecule has 1 saturated carbocycles. The van der Waals surface area contributed by atoms with Gasteiger partial charge in [0.15, 0.2) is 0 Å². The molecule has 0 amide bonds. The van der Waals surface area contributed by atoms with Crippen LogP contribution in [0.15, 0.2) is 21.1 Å². The van der Waals surface area contributed by atoms with E-state index in [4.69, 9.17) is 0 Å². The number of aryl methyl sites for hydroxylation is 1. The van der Waals surface area contributed by atoms with E-state index in [0.29, 0.717) is 6.04 Å². The van der Waals surface area contributed by atoms with Crippen molar-refractivity contribution in [3.05, 3.63) is 26.6 Å². The van der Waals surface area contributed by atoms with E-state index in [2.05, 4.69) is 61.1 Å². The Bertz CT molecular complexity index is 434. The van der Waals surface area contributed by atoms with Crippen LogP contribution in [-0.2, 0) is 0 Å². The summed E-state index contributed by atoms with van der Waals surface area (Å²) in [7, 11) is 0. The summed E-state index contributed by atoms with van der Waals surface area (Å²) in [5.74, 6) is 0. The lowest BCUT2D eigenvalue weighted by molar-refractivity contribution is 0.326. The number of nitrogens with one attached hydrogen (secondary N) is 1. The molecule has 1 aliphatic heterocycles. The lowest BCUT2D eigenvalue weighted by Gasteiger charge is -2.19. The van der Waals surface area contributed by atoms with Crippen LogP contribution in [0.4, 0.5) is 5.69 Å². The second-order valence-electron chi connectivity index (χ2n) is 5.46. The van der Waals surface area contributed by atoms with Crippen molar-refractivity contribution in [2.24, 2.45) is 0 Å². The van der Waals surface area contributed by atoms with Gasteiger partial charge in [-0.05, 0) is 75.7 Å². The van der Waals surface area contributed by atoms with E-state index in [0.717, 1.165) is 15.0 Å². The van der Waals surface area contributed by atoms with Gasteiger partial charge in [0.05, 0.1) is 5.69 Å². The lowest BCUT2D eigenvalue weighted by Crippen LogP contribution is -2.27. The topological polar surface area (TPSA) is 15.3 Å². The molecule has 2 nitrogen and oxygen atoms in total. The van der Waals surface area contributed by atoms with Crippen LogP contribution in [0.25, 0.3) is 0 Å². The highest BCUT2D eigenvalue weighted by Gasteiger charge is 2.34. The summed E-state index contributed by atoms with van der Waals surface area (Å²) in [6.45, 7) is 4.56. The number of rotatable bonds is 3. The summed E-state index contributed by atoms with van der Waals surface area (Å²) >= 11 is 7.31. The van der Waals surface area contributed by atoms with Gasteiger partial charge in [-0.15, -0.1) is 0 Å². The molecule has 4 heteroatoms. The first kappa shape index (κ1) is 12.9. The number of hydrogen-bond acceptors (Lipinski definition) is 2. The van der Waals surface area contributed by atoms with E-state index in [1.54, 1.807) is 0 Å². The number of hydrogen-bond donors (Lipinski definition) is 1. The maximum absolute atomic E-state index is 3.68. The van der Waals surface area contributed by atoms with Gasteiger partial charge in [0.1, 0.15) is 0 Å². The third-order valence-corrected chi connectivity index (χ3v) is 5.07. The van der Waals surface area contributed by atoms with Gasteiger partial charge in [-0.3, -0.25) is 4.90 Å². The summed E-state index contributed by atoms with van der Waals surface area (Å²) in [6, 6.07) is 5.81. The summed E-state index contributed by atoms with van der Waals surface area (Å²) < 4.78 is 2.30. The Kier molecular flexibility index (Phi) is 3.70. The van der Waals surface area contributed by atoms with Crippen LogP contribution in [-0.4, -0.2) is 30.1 Å². The average Bonchev–Trinajstić information content (AvgIpc) is 3.04. The molecule has 3 rings (SSSR count). The quantitative estimate of drug-likeness (QED) is 0.855. The first-order chi connectivity index (χ1) is 8.63. The van der Waals surface area contributed by atoms with Gasteiger partial charge in [-0.2, -0.15) is 0 Å². The third kappa shape index (κ3) is 2.75. The van der Waals surface area contributed by atoms with Gasteiger partial charge in [0.2, 0.25) is 0 Å². The smallest absolute Gasteiger partial charge is 0.0631 e. The molecule has 1 unspecified atom stereocenters. The van der Waals surface area contributed by atoms with Crippen LogP contribution in [0.2, 0.25) is 0 Å². The Balaban J connectivity index is 1.69. The van der Waals surface area contributed by atoms with E-state index in [1.165, 1.54) is 43.6 Å².